The van der Waals surface area contributed by atoms with Crippen molar-refractivity contribution in [3.63, 3.8) is 0 Å². The quantitative estimate of drug-likeness (QED) is 0.778. The lowest BCUT2D eigenvalue weighted by molar-refractivity contribution is 0.0749. The average molecular weight is 210 g/mol. The molecule has 2 N–H and O–H groups in total. The van der Waals surface area contributed by atoms with Gasteiger partial charge in [-0.15, -0.1) is 0 Å². The van der Waals surface area contributed by atoms with Gasteiger partial charge < -0.3 is 15.2 Å². The molecule has 1 aromatic heterocycles. The molecule has 0 unspecified atom stereocenters. The standard InChI is InChI=1S/C10H18N4O/c1-8(2)13(3)10(15)9-6-14(5-4-11)7-12-9/h6-8H,4-5,11H2,1-3H3. The van der Waals surface area contributed by atoms with E-state index in [-0.39, 0.29) is 11.9 Å². The second-order valence-corrected chi connectivity index (χ2v) is 3.80. The van der Waals surface area contributed by atoms with Crippen LogP contribution < -0.4 is 5.73 Å². The Labute approximate surface area is 89.9 Å². The van der Waals surface area contributed by atoms with E-state index in [1.807, 2.05) is 18.4 Å². The molecule has 0 aromatic carbocycles. The summed E-state index contributed by atoms with van der Waals surface area (Å²) in [6, 6.07) is 0.178. The van der Waals surface area contributed by atoms with Crippen molar-refractivity contribution in [1.82, 2.24) is 14.5 Å². The normalized spacial score (nSPS) is 10.7. The van der Waals surface area contributed by atoms with Crippen LogP contribution in [0, 0.1) is 0 Å². The molecule has 0 fully saturated rings. The largest absolute Gasteiger partial charge is 0.338 e. The maximum absolute atomic E-state index is 11.8. The molecule has 0 aliphatic carbocycles. The first-order valence-electron chi connectivity index (χ1n) is 5.05. The lowest BCUT2D eigenvalue weighted by Gasteiger charge is -2.19. The van der Waals surface area contributed by atoms with Crippen molar-refractivity contribution in [2.24, 2.45) is 5.73 Å². The fourth-order valence-corrected chi connectivity index (χ4v) is 1.16. The zero-order valence-electron chi connectivity index (χ0n) is 9.47. The van der Waals surface area contributed by atoms with E-state index in [4.69, 9.17) is 5.73 Å². The summed E-state index contributed by atoms with van der Waals surface area (Å²) in [6.45, 7) is 5.17. The Balaban J connectivity index is 2.74. The van der Waals surface area contributed by atoms with Gasteiger partial charge in [-0.2, -0.15) is 0 Å². The first-order chi connectivity index (χ1) is 7.06. The van der Waals surface area contributed by atoms with Crippen LogP contribution in [0.2, 0.25) is 0 Å². The molecule has 84 valence electrons. The molecule has 5 nitrogen and oxygen atoms in total. The van der Waals surface area contributed by atoms with Gasteiger partial charge in [0, 0.05) is 32.4 Å². The number of aromatic nitrogens is 2. The number of hydrogen-bond donors (Lipinski definition) is 1. The smallest absolute Gasteiger partial charge is 0.274 e. The van der Waals surface area contributed by atoms with Gasteiger partial charge in [0.1, 0.15) is 5.69 Å². The zero-order chi connectivity index (χ0) is 11.4. The topological polar surface area (TPSA) is 64.2 Å². The highest BCUT2D eigenvalue weighted by Gasteiger charge is 2.16. The van der Waals surface area contributed by atoms with E-state index in [0.717, 1.165) is 0 Å². The monoisotopic (exact) mass is 210 g/mol. The third-order valence-corrected chi connectivity index (χ3v) is 2.33. The van der Waals surface area contributed by atoms with Crippen molar-refractivity contribution >= 4 is 5.91 Å². The number of nitrogens with zero attached hydrogens (tertiary/aromatic N) is 3. The Morgan fingerprint density at radius 3 is 2.87 bits per heavy atom. The number of carbonyl (C=O) groups is 1. The van der Waals surface area contributed by atoms with E-state index in [9.17, 15) is 4.79 Å². The Morgan fingerprint density at radius 2 is 2.33 bits per heavy atom. The molecule has 0 saturated heterocycles. The number of amides is 1. The molecule has 0 aliphatic heterocycles. The molecule has 1 heterocycles. The Kier molecular flexibility index (Phi) is 3.85. The molecule has 5 heteroatoms. The van der Waals surface area contributed by atoms with E-state index >= 15 is 0 Å². The Bertz CT molecular complexity index is 332. The third kappa shape index (κ3) is 2.79. The first kappa shape index (κ1) is 11.7. The molecular formula is C10H18N4O. The summed E-state index contributed by atoms with van der Waals surface area (Å²) >= 11 is 0. The summed E-state index contributed by atoms with van der Waals surface area (Å²) in [5, 5.41) is 0. The number of hydrogen-bond acceptors (Lipinski definition) is 3. The van der Waals surface area contributed by atoms with Crippen LogP contribution in [0.3, 0.4) is 0 Å². The van der Waals surface area contributed by atoms with Crippen LogP contribution in [0.25, 0.3) is 0 Å². The van der Waals surface area contributed by atoms with Gasteiger partial charge in [0.25, 0.3) is 5.91 Å². The zero-order valence-corrected chi connectivity index (χ0v) is 9.47. The fraction of sp³-hybridized carbons (Fsp3) is 0.600. The van der Waals surface area contributed by atoms with E-state index in [1.54, 1.807) is 24.5 Å². The van der Waals surface area contributed by atoms with Crippen LogP contribution in [-0.2, 0) is 6.54 Å². The summed E-state index contributed by atoms with van der Waals surface area (Å²) < 4.78 is 1.82. The highest BCUT2D eigenvalue weighted by molar-refractivity contribution is 5.92. The predicted octanol–water partition coefficient (Wildman–Crippen LogP) is 0.322. The van der Waals surface area contributed by atoms with Crippen LogP contribution in [-0.4, -0.2) is 40.0 Å². The van der Waals surface area contributed by atoms with Gasteiger partial charge in [-0.25, -0.2) is 4.98 Å². The summed E-state index contributed by atoms with van der Waals surface area (Å²) in [5.41, 5.74) is 5.88. The second-order valence-electron chi connectivity index (χ2n) is 3.80. The second kappa shape index (κ2) is 4.93. The highest BCUT2D eigenvalue weighted by Crippen LogP contribution is 2.03. The predicted molar refractivity (Wildman–Crippen MR) is 58.5 cm³/mol. The first-order valence-corrected chi connectivity index (χ1v) is 5.05. The molecule has 1 aromatic rings. The Hall–Kier alpha value is -1.36. The number of carbonyl (C=O) groups excluding carboxylic acids is 1. The van der Waals surface area contributed by atoms with Crippen LogP contribution in [0.1, 0.15) is 24.3 Å². The summed E-state index contributed by atoms with van der Waals surface area (Å²) in [4.78, 5) is 17.5. The van der Waals surface area contributed by atoms with Gasteiger partial charge in [-0.1, -0.05) is 0 Å². The summed E-state index contributed by atoms with van der Waals surface area (Å²) in [7, 11) is 1.77. The summed E-state index contributed by atoms with van der Waals surface area (Å²) in [6.07, 6.45) is 3.36. The molecule has 0 radical (unpaired) electrons. The minimum Gasteiger partial charge on any atom is -0.338 e. The summed E-state index contributed by atoms with van der Waals surface area (Å²) in [5.74, 6) is -0.0548. The van der Waals surface area contributed by atoms with E-state index in [2.05, 4.69) is 4.98 Å². The van der Waals surface area contributed by atoms with E-state index in [1.165, 1.54) is 0 Å². The molecule has 0 spiro atoms. The minimum atomic E-state index is -0.0548. The molecule has 15 heavy (non-hydrogen) atoms. The average Bonchev–Trinajstić information content (AvgIpc) is 2.64. The van der Waals surface area contributed by atoms with Crippen molar-refractivity contribution in [1.29, 1.82) is 0 Å². The van der Waals surface area contributed by atoms with Crippen molar-refractivity contribution in [3.8, 4) is 0 Å². The number of imidazole rings is 1. The van der Waals surface area contributed by atoms with Gasteiger partial charge in [0.05, 0.1) is 6.33 Å². The highest BCUT2D eigenvalue weighted by atomic mass is 16.2. The van der Waals surface area contributed by atoms with E-state index < -0.39 is 0 Å². The van der Waals surface area contributed by atoms with Crippen LogP contribution in [0.4, 0.5) is 0 Å². The lowest BCUT2D eigenvalue weighted by atomic mass is 10.3. The maximum Gasteiger partial charge on any atom is 0.274 e. The van der Waals surface area contributed by atoms with Gasteiger partial charge in [-0.3, -0.25) is 4.79 Å². The SMILES string of the molecule is CC(C)N(C)C(=O)c1cn(CCN)cn1. The molecule has 0 atom stereocenters. The molecule has 0 aliphatic rings. The van der Waals surface area contributed by atoms with Crippen molar-refractivity contribution in [2.45, 2.75) is 26.4 Å². The lowest BCUT2D eigenvalue weighted by Crippen LogP contribution is -2.33. The molecule has 1 amide bonds. The van der Waals surface area contributed by atoms with Gasteiger partial charge >= 0.3 is 0 Å². The van der Waals surface area contributed by atoms with E-state index in [0.29, 0.717) is 18.8 Å². The van der Waals surface area contributed by atoms with Gasteiger partial charge in [0.2, 0.25) is 0 Å². The van der Waals surface area contributed by atoms with Gasteiger partial charge in [-0.05, 0) is 13.8 Å². The molecule has 0 bridgehead atoms. The van der Waals surface area contributed by atoms with Crippen LogP contribution in [0.5, 0.6) is 0 Å². The van der Waals surface area contributed by atoms with Crippen molar-refractivity contribution in [3.05, 3.63) is 18.2 Å². The molecular weight excluding hydrogens is 192 g/mol. The Morgan fingerprint density at radius 1 is 1.67 bits per heavy atom. The van der Waals surface area contributed by atoms with Crippen molar-refractivity contribution in [2.75, 3.05) is 13.6 Å². The van der Waals surface area contributed by atoms with Gasteiger partial charge in [0.15, 0.2) is 0 Å². The third-order valence-electron chi connectivity index (χ3n) is 2.33. The van der Waals surface area contributed by atoms with Crippen LogP contribution >= 0.6 is 0 Å². The van der Waals surface area contributed by atoms with Crippen molar-refractivity contribution < 1.29 is 4.79 Å². The van der Waals surface area contributed by atoms with Crippen LogP contribution in [0.15, 0.2) is 12.5 Å². The number of nitrogens with two attached hydrogens (primary N) is 1. The minimum absolute atomic E-state index is 0.0548. The fourth-order valence-electron chi connectivity index (χ4n) is 1.16. The molecule has 1 rings (SSSR count). The number of rotatable bonds is 4. The maximum atomic E-state index is 11.8. The molecule has 0 saturated carbocycles.